The van der Waals surface area contributed by atoms with Gasteiger partial charge in [-0.15, -0.1) is 0 Å². The average Bonchev–Trinajstić information content (AvgIpc) is 3.40. The van der Waals surface area contributed by atoms with Crippen LogP contribution < -0.4 is 15.8 Å². The fraction of sp³-hybridized carbons (Fsp3) is 0.562. The lowest BCUT2D eigenvalue weighted by Gasteiger charge is -2.29. The third-order valence-corrected chi connectivity index (χ3v) is 5.80. The molecule has 1 aliphatic rings. The molecule has 8 heteroatoms. The van der Waals surface area contributed by atoms with Gasteiger partial charge in [-0.1, -0.05) is 0 Å². The summed E-state index contributed by atoms with van der Waals surface area (Å²) >= 11 is 0. The first-order valence-electron chi connectivity index (χ1n) is 7.93. The number of carbonyl (C=O) groups excluding carboxylic acids is 1. The van der Waals surface area contributed by atoms with E-state index in [1.54, 1.807) is 0 Å². The van der Waals surface area contributed by atoms with Gasteiger partial charge in [-0.25, -0.2) is 13.1 Å². The second-order valence-electron chi connectivity index (χ2n) is 6.26. The second kappa shape index (κ2) is 7.60. The summed E-state index contributed by atoms with van der Waals surface area (Å²) in [5.41, 5.74) is 5.80. The number of benzene rings is 1. The number of nitrogens with one attached hydrogen (secondary N) is 2. The molecule has 1 fully saturated rings. The Bertz CT molecular complexity index is 671. The molecule has 24 heavy (non-hydrogen) atoms. The molecule has 2 rings (SSSR count). The topological polar surface area (TPSA) is 111 Å². The molecule has 134 valence electrons. The lowest BCUT2D eigenvalue weighted by Crippen LogP contribution is -2.53. The first kappa shape index (κ1) is 18.9. The van der Waals surface area contributed by atoms with Crippen molar-refractivity contribution in [2.75, 3.05) is 26.8 Å². The molecule has 0 radical (unpaired) electrons. The van der Waals surface area contributed by atoms with Crippen molar-refractivity contribution in [3.63, 3.8) is 0 Å². The number of sulfonamides is 1. The Balaban J connectivity index is 2.04. The van der Waals surface area contributed by atoms with Crippen LogP contribution in [0.1, 0.15) is 30.1 Å². The van der Waals surface area contributed by atoms with Gasteiger partial charge in [-0.2, -0.15) is 0 Å². The molecule has 0 saturated heterocycles. The Morgan fingerprint density at radius 3 is 2.46 bits per heavy atom. The number of rotatable bonds is 9. The van der Waals surface area contributed by atoms with Gasteiger partial charge < -0.3 is 15.8 Å². The molecule has 1 aliphatic carbocycles. The average molecular weight is 355 g/mol. The zero-order chi connectivity index (χ0) is 17.8. The van der Waals surface area contributed by atoms with Gasteiger partial charge in [0.15, 0.2) is 0 Å². The number of ether oxygens (including phenoxy) is 1. The molecule has 0 aliphatic heterocycles. The molecule has 0 aromatic heterocycles. The fourth-order valence-electron chi connectivity index (χ4n) is 2.52. The summed E-state index contributed by atoms with van der Waals surface area (Å²) < 4.78 is 31.4. The van der Waals surface area contributed by atoms with Crippen molar-refractivity contribution in [3.8, 4) is 0 Å². The number of hydrogen-bond acceptors (Lipinski definition) is 5. The molecule has 1 aromatic rings. The van der Waals surface area contributed by atoms with Crippen molar-refractivity contribution in [1.82, 2.24) is 10.0 Å². The molecule has 0 spiro atoms. The van der Waals surface area contributed by atoms with E-state index in [-0.39, 0.29) is 17.3 Å². The highest BCUT2D eigenvalue weighted by Gasteiger charge is 2.41. The van der Waals surface area contributed by atoms with Crippen molar-refractivity contribution >= 4 is 15.9 Å². The van der Waals surface area contributed by atoms with Crippen molar-refractivity contribution in [2.24, 2.45) is 11.7 Å². The van der Waals surface area contributed by atoms with E-state index in [9.17, 15) is 13.2 Å². The summed E-state index contributed by atoms with van der Waals surface area (Å²) in [6, 6.07) is 5.84. The fourth-order valence-corrected chi connectivity index (χ4v) is 3.53. The molecule has 1 unspecified atom stereocenters. The number of methoxy groups -OCH3 is 1. The summed E-state index contributed by atoms with van der Waals surface area (Å²) in [5.74, 6) is 0.169. The summed E-state index contributed by atoms with van der Waals surface area (Å²) in [7, 11) is -2.10. The van der Waals surface area contributed by atoms with Crippen LogP contribution in [0.25, 0.3) is 0 Å². The molecular weight excluding hydrogens is 330 g/mol. The van der Waals surface area contributed by atoms with E-state index >= 15 is 0 Å². The Morgan fingerprint density at radius 2 is 1.96 bits per heavy atom. The molecule has 1 amide bonds. The van der Waals surface area contributed by atoms with E-state index in [2.05, 4.69) is 10.0 Å². The predicted octanol–water partition coefficient (Wildman–Crippen LogP) is 0.469. The molecule has 7 nitrogen and oxygen atoms in total. The molecule has 0 heterocycles. The molecular formula is C16H25N3O4S. The van der Waals surface area contributed by atoms with Crippen LogP contribution in [0.3, 0.4) is 0 Å². The Morgan fingerprint density at radius 1 is 1.33 bits per heavy atom. The first-order valence-corrected chi connectivity index (χ1v) is 9.42. The summed E-state index contributed by atoms with van der Waals surface area (Å²) in [4.78, 5) is 12.5. The van der Waals surface area contributed by atoms with Crippen molar-refractivity contribution < 1.29 is 17.9 Å². The third-order valence-electron chi connectivity index (χ3n) is 4.33. The maximum Gasteiger partial charge on any atom is 0.251 e. The number of amides is 1. The SMILES string of the molecule is COCCNS(=O)(=O)c1ccc(C(=O)NC(C)(CN)C2CC2)cc1. The third kappa shape index (κ3) is 4.54. The van der Waals surface area contributed by atoms with Crippen LogP contribution in [0.15, 0.2) is 29.2 Å². The van der Waals surface area contributed by atoms with Crippen LogP contribution in [0.5, 0.6) is 0 Å². The Kier molecular flexibility index (Phi) is 5.97. The van der Waals surface area contributed by atoms with E-state index in [1.165, 1.54) is 31.4 Å². The van der Waals surface area contributed by atoms with Crippen molar-refractivity contribution in [3.05, 3.63) is 29.8 Å². The number of nitrogens with two attached hydrogens (primary N) is 1. The highest BCUT2D eigenvalue weighted by Crippen LogP contribution is 2.39. The van der Waals surface area contributed by atoms with E-state index in [0.717, 1.165) is 12.8 Å². The molecule has 4 N–H and O–H groups in total. The second-order valence-corrected chi connectivity index (χ2v) is 8.03. The normalized spacial score (nSPS) is 17.3. The predicted molar refractivity (Wildman–Crippen MR) is 91.2 cm³/mol. The van der Waals surface area contributed by atoms with Gasteiger partial charge in [-0.3, -0.25) is 4.79 Å². The van der Waals surface area contributed by atoms with Gasteiger partial charge >= 0.3 is 0 Å². The van der Waals surface area contributed by atoms with E-state index in [1.807, 2.05) is 6.92 Å². The molecule has 0 bridgehead atoms. The number of carbonyl (C=O) groups is 1. The zero-order valence-electron chi connectivity index (χ0n) is 14.0. The smallest absolute Gasteiger partial charge is 0.251 e. The van der Waals surface area contributed by atoms with E-state index < -0.39 is 15.6 Å². The van der Waals surface area contributed by atoms with Crippen LogP contribution in [0.2, 0.25) is 0 Å². The molecule has 1 aromatic carbocycles. The van der Waals surface area contributed by atoms with Gasteiger partial charge in [0.1, 0.15) is 0 Å². The van der Waals surface area contributed by atoms with Crippen molar-refractivity contribution in [1.29, 1.82) is 0 Å². The largest absolute Gasteiger partial charge is 0.383 e. The van der Waals surface area contributed by atoms with Gasteiger partial charge in [0.05, 0.1) is 17.0 Å². The monoisotopic (exact) mass is 355 g/mol. The summed E-state index contributed by atoms with van der Waals surface area (Å²) in [5, 5.41) is 2.98. The summed E-state index contributed by atoms with van der Waals surface area (Å²) in [6.07, 6.45) is 2.14. The lowest BCUT2D eigenvalue weighted by molar-refractivity contribution is 0.0897. The highest BCUT2D eigenvalue weighted by molar-refractivity contribution is 7.89. The van der Waals surface area contributed by atoms with E-state index in [4.69, 9.17) is 10.5 Å². The van der Waals surface area contributed by atoms with Crippen LogP contribution in [0.4, 0.5) is 0 Å². The van der Waals surface area contributed by atoms with Crippen LogP contribution >= 0.6 is 0 Å². The van der Waals surface area contributed by atoms with Gasteiger partial charge in [-0.05, 0) is 49.9 Å². The lowest BCUT2D eigenvalue weighted by atomic mass is 9.95. The summed E-state index contributed by atoms with van der Waals surface area (Å²) in [6.45, 7) is 2.80. The van der Waals surface area contributed by atoms with Crippen LogP contribution in [-0.2, 0) is 14.8 Å². The highest BCUT2D eigenvalue weighted by atomic mass is 32.2. The van der Waals surface area contributed by atoms with Gasteiger partial charge in [0.2, 0.25) is 10.0 Å². The minimum absolute atomic E-state index is 0.110. The quantitative estimate of drug-likeness (QED) is 0.558. The van der Waals surface area contributed by atoms with Crippen molar-refractivity contribution in [2.45, 2.75) is 30.2 Å². The standard InChI is InChI=1S/C16H25N3O4S/c1-16(11-17,13-5-6-13)19-15(20)12-3-7-14(8-4-12)24(21,22)18-9-10-23-2/h3-4,7-8,13,18H,5-6,9-11,17H2,1-2H3,(H,19,20). The van der Waals surface area contributed by atoms with Crippen LogP contribution in [-0.4, -0.2) is 46.7 Å². The van der Waals surface area contributed by atoms with Gasteiger partial charge in [0, 0.05) is 25.8 Å². The maximum atomic E-state index is 12.4. The van der Waals surface area contributed by atoms with Gasteiger partial charge in [0.25, 0.3) is 5.91 Å². The molecule has 1 atom stereocenters. The van der Waals surface area contributed by atoms with E-state index in [0.29, 0.717) is 24.6 Å². The number of hydrogen-bond donors (Lipinski definition) is 3. The Hall–Kier alpha value is -1.48. The van der Waals surface area contributed by atoms with Crippen LogP contribution in [0, 0.1) is 5.92 Å². The zero-order valence-corrected chi connectivity index (χ0v) is 14.9. The molecule has 1 saturated carbocycles. The Labute approximate surface area is 143 Å². The first-order chi connectivity index (χ1) is 11.3. The minimum atomic E-state index is -3.60. The maximum absolute atomic E-state index is 12.4. The minimum Gasteiger partial charge on any atom is -0.383 e.